The van der Waals surface area contributed by atoms with Crippen molar-refractivity contribution in [3.05, 3.63) is 93.8 Å². The zero-order valence-electron chi connectivity index (χ0n) is 16.2. The number of carbonyl (C=O) groups excluding carboxylic acids is 1. The molecule has 32 heavy (non-hydrogen) atoms. The fraction of sp³-hybridized carbons (Fsp3) is 0.0435. The molecule has 162 valence electrons. The van der Waals surface area contributed by atoms with Crippen LogP contribution in [-0.2, 0) is 0 Å². The van der Waals surface area contributed by atoms with Gasteiger partial charge in [0.05, 0.1) is 16.8 Å². The Kier molecular flexibility index (Phi) is 5.56. The average molecular weight is 463 g/mol. The van der Waals surface area contributed by atoms with E-state index in [4.69, 9.17) is 11.6 Å². The zero-order chi connectivity index (χ0) is 23.2. The molecule has 0 saturated carbocycles. The van der Waals surface area contributed by atoms with Gasteiger partial charge >= 0.3 is 0 Å². The molecule has 0 atom stereocenters. The smallest absolute Gasteiger partial charge is 0.256 e. The van der Waals surface area contributed by atoms with Crippen molar-refractivity contribution in [3.8, 4) is 11.3 Å². The van der Waals surface area contributed by atoms with Gasteiger partial charge in [-0.1, -0.05) is 48.0 Å². The first-order valence-corrected chi connectivity index (χ1v) is 9.56. The van der Waals surface area contributed by atoms with E-state index in [0.717, 1.165) is 0 Å². The molecule has 0 saturated heterocycles. The van der Waals surface area contributed by atoms with Crippen LogP contribution < -0.4 is 5.32 Å². The number of nitrogens with zero attached hydrogens (tertiary/aromatic N) is 1. The number of rotatable bonds is 3. The Hall–Kier alpha value is -3.52. The first-order chi connectivity index (χ1) is 15.2. The largest absolute Gasteiger partial charge is 0.317 e. The van der Waals surface area contributed by atoms with E-state index in [0.29, 0.717) is 32.7 Å². The van der Waals surface area contributed by atoms with Crippen molar-refractivity contribution in [2.24, 2.45) is 0 Å². The Morgan fingerprint density at radius 1 is 0.875 bits per heavy atom. The summed E-state index contributed by atoms with van der Waals surface area (Å²) in [5.74, 6) is -12.0. The molecule has 4 rings (SSSR count). The van der Waals surface area contributed by atoms with Crippen LogP contribution in [-0.4, -0.2) is 10.9 Å². The summed E-state index contributed by atoms with van der Waals surface area (Å²) in [6.45, 7) is 1.75. The van der Waals surface area contributed by atoms with Crippen molar-refractivity contribution < 1.29 is 26.7 Å². The Labute approximate surface area is 183 Å². The van der Waals surface area contributed by atoms with Gasteiger partial charge in [0.2, 0.25) is 5.82 Å². The van der Waals surface area contributed by atoms with Gasteiger partial charge in [-0.2, -0.15) is 0 Å². The van der Waals surface area contributed by atoms with E-state index in [1.54, 1.807) is 49.4 Å². The highest BCUT2D eigenvalue weighted by Gasteiger charge is 2.28. The fourth-order valence-electron chi connectivity index (χ4n) is 3.28. The summed E-state index contributed by atoms with van der Waals surface area (Å²) in [7, 11) is 0. The van der Waals surface area contributed by atoms with E-state index in [1.807, 2.05) is 5.32 Å². The summed E-state index contributed by atoms with van der Waals surface area (Å²) in [5.41, 5.74) is 0.361. The van der Waals surface area contributed by atoms with Crippen LogP contribution in [0.5, 0.6) is 0 Å². The van der Waals surface area contributed by atoms with Gasteiger partial charge in [0.25, 0.3) is 5.91 Å². The van der Waals surface area contributed by atoms with Gasteiger partial charge in [0.15, 0.2) is 23.3 Å². The number of halogens is 6. The first kappa shape index (κ1) is 21.7. The van der Waals surface area contributed by atoms with Crippen LogP contribution in [0.3, 0.4) is 0 Å². The van der Waals surface area contributed by atoms with Crippen LogP contribution in [0, 0.1) is 36.0 Å². The number of aromatic nitrogens is 1. The van der Waals surface area contributed by atoms with Crippen LogP contribution in [0.2, 0.25) is 5.02 Å². The normalized spacial score (nSPS) is 11.1. The van der Waals surface area contributed by atoms with Crippen molar-refractivity contribution in [1.29, 1.82) is 0 Å². The summed E-state index contributed by atoms with van der Waals surface area (Å²) < 4.78 is 68.6. The molecule has 0 aliphatic rings. The molecule has 3 nitrogen and oxygen atoms in total. The predicted octanol–water partition coefficient (Wildman–Crippen LogP) is 6.81. The highest BCUT2D eigenvalue weighted by atomic mass is 35.5. The third kappa shape index (κ3) is 3.56. The minimum atomic E-state index is -2.32. The number of benzene rings is 3. The van der Waals surface area contributed by atoms with Crippen LogP contribution in [0.15, 0.2) is 48.5 Å². The van der Waals surface area contributed by atoms with E-state index < -0.39 is 40.7 Å². The second-order valence-electron chi connectivity index (χ2n) is 6.91. The molecule has 1 amide bonds. The van der Waals surface area contributed by atoms with Crippen molar-refractivity contribution in [3.63, 3.8) is 0 Å². The van der Waals surface area contributed by atoms with Crippen LogP contribution in [0.25, 0.3) is 22.2 Å². The number of para-hydroxylation sites is 1. The number of anilines is 1. The number of nitrogens with one attached hydrogen (secondary N) is 1. The van der Waals surface area contributed by atoms with Gasteiger partial charge in [0, 0.05) is 16.0 Å². The maximum Gasteiger partial charge on any atom is 0.256 e. The number of carbonyl (C=O) groups is 1. The van der Waals surface area contributed by atoms with E-state index in [1.165, 1.54) is 6.07 Å². The molecule has 0 aliphatic heterocycles. The molecule has 3 aromatic carbocycles. The molecule has 4 aromatic rings. The van der Waals surface area contributed by atoms with Gasteiger partial charge in [-0.25, -0.2) is 26.9 Å². The average Bonchev–Trinajstić information content (AvgIpc) is 2.79. The van der Waals surface area contributed by atoms with Gasteiger partial charge in [-0.3, -0.25) is 4.79 Å². The van der Waals surface area contributed by atoms with Gasteiger partial charge in [-0.15, -0.1) is 0 Å². The van der Waals surface area contributed by atoms with Crippen LogP contribution >= 0.6 is 11.6 Å². The SMILES string of the molecule is Cc1cccc2c(C(=O)Nc3c(F)c(F)c(F)c(F)c3F)cc(-c3ccccc3Cl)nc12. The molecule has 0 bridgehead atoms. The molecule has 0 fully saturated rings. The Morgan fingerprint density at radius 3 is 2.16 bits per heavy atom. The second-order valence-corrected chi connectivity index (χ2v) is 7.31. The van der Waals surface area contributed by atoms with Crippen LogP contribution in [0.1, 0.15) is 15.9 Å². The molecule has 1 N–H and O–H groups in total. The second kappa shape index (κ2) is 8.20. The van der Waals surface area contributed by atoms with Crippen molar-refractivity contribution in [2.75, 3.05) is 5.32 Å². The molecule has 9 heteroatoms. The lowest BCUT2D eigenvalue weighted by Gasteiger charge is -2.14. The standard InChI is InChI=1S/C23H12ClF5N2O/c1-10-5-4-7-11-13(9-15(30-21(10)11)12-6-2-3-8-14(12)24)23(32)31-22-19(28)17(26)16(25)18(27)20(22)29/h2-9H,1H3,(H,31,32). The number of aryl methyl sites for hydroxylation is 1. The molecule has 0 spiro atoms. The number of fused-ring (bicyclic) bond motifs is 1. The lowest BCUT2D eigenvalue weighted by molar-refractivity contribution is 0.102. The topological polar surface area (TPSA) is 42.0 Å². The number of hydrogen-bond acceptors (Lipinski definition) is 2. The molecular weight excluding hydrogens is 451 g/mol. The zero-order valence-corrected chi connectivity index (χ0v) is 17.0. The Morgan fingerprint density at radius 2 is 1.50 bits per heavy atom. The minimum Gasteiger partial charge on any atom is -0.317 e. The first-order valence-electron chi connectivity index (χ1n) is 9.18. The lowest BCUT2D eigenvalue weighted by Crippen LogP contribution is -2.17. The Bertz CT molecular complexity index is 1380. The fourth-order valence-corrected chi connectivity index (χ4v) is 3.51. The maximum atomic E-state index is 14.1. The number of amides is 1. The summed E-state index contributed by atoms with van der Waals surface area (Å²) in [4.78, 5) is 17.5. The molecule has 0 radical (unpaired) electrons. The number of hydrogen-bond donors (Lipinski definition) is 1. The molecule has 0 aliphatic carbocycles. The van der Waals surface area contributed by atoms with Crippen LogP contribution in [0.4, 0.5) is 27.6 Å². The summed E-state index contributed by atoms with van der Waals surface area (Å²) in [6.07, 6.45) is 0. The van der Waals surface area contributed by atoms with Gasteiger partial charge in [0.1, 0.15) is 5.69 Å². The van der Waals surface area contributed by atoms with Crippen molar-refractivity contribution in [1.82, 2.24) is 4.98 Å². The van der Waals surface area contributed by atoms with Gasteiger partial charge < -0.3 is 5.32 Å². The van der Waals surface area contributed by atoms with Gasteiger partial charge in [-0.05, 0) is 24.6 Å². The molecule has 0 unspecified atom stereocenters. The highest BCUT2D eigenvalue weighted by Crippen LogP contribution is 2.32. The van der Waals surface area contributed by atoms with E-state index in [-0.39, 0.29) is 5.56 Å². The summed E-state index contributed by atoms with van der Waals surface area (Å²) in [5, 5.41) is 2.48. The monoisotopic (exact) mass is 462 g/mol. The lowest BCUT2D eigenvalue weighted by atomic mass is 10.0. The third-order valence-corrected chi connectivity index (χ3v) is 5.21. The number of pyridine rings is 1. The quantitative estimate of drug-likeness (QED) is 0.206. The molecule has 1 aromatic heterocycles. The highest BCUT2D eigenvalue weighted by molar-refractivity contribution is 6.33. The van der Waals surface area contributed by atoms with E-state index in [9.17, 15) is 26.7 Å². The van der Waals surface area contributed by atoms with E-state index >= 15 is 0 Å². The van der Waals surface area contributed by atoms with Crippen molar-refractivity contribution in [2.45, 2.75) is 6.92 Å². The minimum absolute atomic E-state index is 0.0856. The van der Waals surface area contributed by atoms with E-state index in [2.05, 4.69) is 4.98 Å². The Balaban J connectivity index is 1.91. The maximum absolute atomic E-state index is 14.1. The van der Waals surface area contributed by atoms with Crippen molar-refractivity contribution >= 4 is 34.1 Å². The third-order valence-electron chi connectivity index (χ3n) is 4.88. The summed E-state index contributed by atoms with van der Waals surface area (Å²) in [6, 6.07) is 13.0. The predicted molar refractivity (Wildman–Crippen MR) is 111 cm³/mol. The molecular formula is C23H12ClF5N2O. The summed E-state index contributed by atoms with van der Waals surface area (Å²) >= 11 is 6.24. The molecule has 1 heterocycles.